The van der Waals surface area contributed by atoms with Crippen LogP contribution in [0.15, 0.2) is 35.2 Å². The molecular weight excluding hydrogens is 322 g/mol. The van der Waals surface area contributed by atoms with Crippen molar-refractivity contribution in [3.8, 4) is 5.75 Å². The third-order valence-corrected chi connectivity index (χ3v) is 5.12. The van der Waals surface area contributed by atoms with E-state index in [0.717, 1.165) is 16.7 Å². The fourth-order valence-corrected chi connectivity index (χ4v) is 3.69. The first-order chi connectivity index (χ1) is 10.2. The van der Waals surface area contributed by atoms with Crippen LogP contribution in [0, 0.1) is 20.8 Å². The first kappa shape index (κ1) is 16.6. The lowest BCUT2D eigenvalue weighted by molar-refractivity contribution is 0.403. The molecule has 0 fully saturated rings. The molecule has 0 heterocycles. The fourth-order valence-electron chi connectivity index (χ4n) is 2.13. The van der Waals surface area contributed by atoms with Gasteiger partial charge in [0, 0.05) is 5.02 Å². The molecule has 0 aliphatic heterocycles. The van der Waals surface area contributed by atoms with Gasteiger partial charge in [-0.05, 0) is 61.7 Å². The van der Waals surface area contributed by atoms with E-state index in [-0.39, 0.29) is 10.6 Å². The van der Waals surface area contributed by atoms with Gasteiger partial charge in [0.25, 0.3) is 10.0 Å². The number of methoxy groups -OCH3 is 1. The molecule has 2 aromatic carbocycles. The molecule has 1 N–H and O–H groups in total. The summed E-state index contributed by atoms with van der Waals surface area (Å²) in [4.78, 5) is 0.0140. The zero-order chi connectivity index (χ0) is 16.5. The van der Waals surface area contributed by atoms with Gasteiger partial charge in [-0.3, -0.25) is 4.72 Å². The van der Waals surface area contributed by atoms with E-state index < -0.39 is 10.0 Å². The number of hydrogen-bond donors (Lipinski definition) is 1. The first-order valence-corrected chi connectivity index (χ1v) is 8.55. The molecule has 0 atom stereocenters. The molecular formula is C16H18ClNO3S. The van der Waals surface area contributed by atoms with E-state index >= 15 is 0 Å². The summed E-state index contributed by atoms with van der Waals surface area (Å²) in [5, 5.41) is 0.331. The highest BCUT2D eigenvalue weighted by Gasteiger charge is 2.21. The van der Waals surface area contributed by atoms with E-state index in [0.29, 0.717) is 10.7 Å². The molecule has 0 saturated carbocycles. The first-order valence-electron chi connectivity index (χ1n) is 6.69. The van der Waals surface area contributed by atoms with Gasteiger partial charge in [0.05, 0.1) is 12.8 Å². The quantitative estimate of drug-likeness (QED) is 0.913. The minimum Gasteiger partial charge on any atom is -0.495 e. The second-order valence-electron chi connectivity index (χ2n) is 5.15. The van der Waals surface area contributed by atoms with E-state index in [4.69, 9.17) is 16.3 Å². The molecule has 4 nitrogen and oxygen atoms in total. The molecule has 0 bridgehead atoms. The number of hydrogen-bond acceptors (Lipinski definition) is 3. The zero-order valence-electron chi connectivity index (χ0n) is 12.9. The molecule has 6 heteroatoms. The standard InChI is InChI=1S/C16H18ClNO3S/c1-10-7-12(3)14(8-11(10)2)18-22(19,20)16-9-13(17)5-6-15(16)21-4/h5-9,18H,1-4H3. The molecule has 0 aliphatic rings. The van der Waals surface area contributed by atoms with Crippen molar-refractivity contribution in [3.63, 3.8) is 0 Å². The Balaban J connectivity index is 2.49. The summed E-state index contributed by atoms with van der Waals surface area (Å²) in [7, 11) is -2.37. The van der Waals surface area contributed by atoms with E-state index in [2.05, 4.69) is 4.72 Å². The molecule has 0 aromatic heterocycles. The Morgan fingerprint density at radius 1 is 1.00 bits per heavy atom. The lowest BCUT2D eigenvalue weighted by Gasteiger charge is -2.15. The van der Waals surface area contributed by atoms with E-state index in [1.54, 1.807) is 6.07 Å². The highest BCUT2D eigenvalue weighted by molar-refractivity contribution is 7.92. The Morgan fingerprint density at radius 3 is 2.27 bits per heavy atom. The Labute approximate surface area is 136 Å². The molecule has 0 spiro atoms. The lowest BCUT2D eigenvalue weighted by Crippen LogP contribution is -2.15. The van der Waals surface area contributed by atoms with Gasteiger partial charge in [-0.2, -0.15) is 0 Å². The van der Waals surface area contributed by atoms with Crippen molar-refractivity contribution >= 4 is 27.3 Å². The molecule has 0 aliphatic carbocycles. The van der Waals surface area contributed by atoms with Gasteiger partial charge in [-0.15, -0.1) is 0 Å². The van der Waals surface area contributed by atoms with Gasteiger partial charge >= 0.3 is 0 Å². The van der Waals surface area contributed by atoms with Crippen LogP contribution < -0.4 is 9.46 Å². The Morgan fingerprint density at radius 2 is 1.64 bits per heavy atom. The molecule has 118 valence electrons. The monoisotopic (exact) mass is 339 g/mol. The van der Waals surface area contributed by atoms with Crippen molar-refractivity contribution in [3.05, 3.63) is 52.0 Å². The summed E-state index contributed by atoms with van der Waals surface area (Å²) in [5.41, 5.74) is 3.53. The Bertz CT molecular complexity index is 816. The van der Waals surface area contributed by atoms with Crippen molar-refractivity contribution in [1.29, 1.82) is 0 Å². The number of benzene rings is 2. The van der Waals surface area contributed by atoms with Crippen LogP contribution in [0.25, 0.3) is 0 Å². The number of sulfonamides is 1. The average Bonchev–Trinajstić information content (AvgIpc) is 2.44. The third kappa shape index (κ3) is 3.36. The normalized spacial score (nSPS) is 11.3. The second kappa shape index (κ2) is 6.18. The maximum absolute atomic E-state index is 12.6. The topological polar surface area (TPSA) is 55.4 Å². The van der Waals surface area contributed by atoms with Crippen LogP contribution in [0.2, 0.25) is 5.02 Å². The predicted octanol–water partition coefficient (Wildman–Crippen LogP) is 4.07. The van der Waals surface area contributed by atoms with Crippen LogP contribution in [0.4, 0.5) is 5.69 Å². The van der Waals surface area contributed by atoms with Gasteiger partial charge in [0.15, 0.2) is 0 Å². The number of ether oxygens (including phenoxy) is 1. The number of halogens is 1. The summed E-state index contributed by atoms with van der Waals surface area (Å²) in [6.07, 6.45) is 0. The van der Waals surface area contributed by atoms with Crippen LogP contribution in [-0.4, -0.2) is 15.5 Å². The third-order valence-electron chi connectivity index (χ3n) is 3.50. The molecule has 0 saturated heterocycles. The van der Waals surface area contributed by atoms with Gasteiger partial charge in [0.1, 0.15) is 10.6 Å². The van der Waals surface area contributed by atoms with Crippen molar-refractivity contribution < 1.29 is 13.2 Å². The maximum Gasteiger partial charge on any atom is 0.265 e. The number of nitrogens with one attached hydrogen (secondary N) is 1. The highest BCUT2D eigenvalue weighted by atomic mass is 35.5. The van der Waals surface area contributed by atoms with Crippen LogP contribution in [-0.2, 0) is 10.0 Å². The smallest absolute Gasteiger partial charge is 0.265 e. The maximum atomic E-state index is 12.6. The fraction of sp³-hybridized carbons (Fsp3) is 0.250. The van der Waals surface area contributed by atoms with Crippen LogP contribution in [0.3, 0.4) is 0 Å². The summed E-state index contributed by atoms with van der Waals surface area (Å²) >= 11 is 5.91. The number of rotatable bonds is 4. The molecule has 2 aromatic rings. The van der Waals surface area contributed by atoms with E-state index in [9.17, 15) is 8.42 Å². The van der Waals surface area contributed by atoms with Crippen LogP contribution >= 0.6 is 11.6 Å². The predicted molar refractivity (Wildman–Crippen MR) is 89.5 cm³/mol. The molecule has 0 radical (unpaired) electrons. The van der Waals surface area contributed by atoms with Crippen molar-refractivity contribution in [2.24, 2.45) is 0 Å². The second-order valence-corrected chi connectivity index (χ2v) is 7.24. The van der Waals surface area contributed by atoms with Gasteiger partial charge in [0.2, 0.25) is 0 Å². The minimum absolute atomic E-state index is 0.0140. The Hall–Kier alpha value is -1.72. The van der Waals surface area contributed by atoms with Gasteiger partial charge in [-0.25, -0.2) is 8.42 Å². The number of anilines is 1. The molecule has 0 unspecified atom stereocenters. The van der Waals surface area contributed by atoms with Gasteiger partial charge in [-0.1, -0.05) is 17.7 Å². The van der Waals surface area contributed by atoms with Gasteiger partial charge < -0.3 is 4.74 Å². The largest absolute Gasteiger partial charge is 0.495 e. The van der Waals surface area contributed by atoms with Crippen molar-refractivity contribution in [2.45, 2.75) is 25.7 Å². The summed E-state index contributed by atoms with van der Waals surface area (Å²) in [6.45, 7) is 5.78. The van der Waals surface area contributed by atoms with Crippen LogP contribution in [0.1, 0.15) is 16.7 Å². The lowest BCUT2D eigenvalue weighted by atomic mass is 10.1. The summed E-state index contributed by atoms with van der Waals surface area (Å²) < 4.78 is 33.0. The minimum atomic E-state index is -3.79. The molecule has 2 rings (SSSR count). The van der Waals surface area contributed by atoms with Crippen molar-refractivity contribution in [1.82, 2.24) is 0 Å². The zero-order valence-corrected chi connectivity index (χ0v) is 14.5. The molecule has 22 heavy (non-hydrogen) atoms. The van der Waals surface area contributed by atoms with Crippen LogP contribution in [0.5, 0.6) is 5.75 Å². The number of aryl methyl sites for hydroxylation is 3. The average molecular weight is 340 g/mol. The van der Waals surface area contributed by atoms with Crippen molar-refractivity contribution in [2.75, 3.05) is 11.8 Å². The SMILES string of the molecule is COc1ccc(Cl)cc1S(=O)(=O)Nc1cc(C)c(C)cc1C. The highest BCUT2D eigenvalue weighted by Crippen LogP contribution is 2.30. The Kier molecular flexibility index (Phi) is 4.68. The molecule has 0 amide bonds. The van der Waals surface area contributed by atoms with E-state index in [1.165, 1.54) is 19.2 Å². The van der Waals surface area contributed by atoms with E-state index in [1.807, 2.05) is 32.9 Å². The summed E-state index contributed by atoms with van der Waals surface area (Å²) in [5.74, 6) is 0.249. The summed E-state index contributed by atoms with van der Waals surface area (Å²) in [6, 6.07) is 8.26.